The predicted octanol–water partition coefficient (Wildman–Crippen LogP) is 5.19. The summed E-state index contributed by atoms with van der Waals surface area (Å²) in [7, 11) is 1.71. The molecule has 0 saturated carbocycles. The van der Waals surface area contributed by atoms with Crippen molar-refractivity contribution < 1.29 is 18.7 Å². The first-order valence-electron chi connectivity index (χ1n) is 12.4. The van der Waals surface area contributed by atoms with Crippen molar-refractivity contribution in [2.24, 2.45) is 4.99 Å². The summed E-state index contributed by atoms with van der Waals surface area (Å²) < 4.78 is 28.2. The van der Waals surface area contributed by atoms with Crippen molar-refractivity contribution in [3.05, 3.63) is 77.1 Å². The maximum atomic E-state index is 14.4. The van der Waals surface area contributed by atoms with E-state index in [-0.39, 0.29) is 24.2 Å². The van der Waals surface area contributed by atoms with Crippen molar-refractivity contribution in [1.82, 2.24) is 10.2 Å². The Morgan fingerprint density at radius 3 is 2.70 bits per heavy atom. The minimum atomic E-state index is -0.921. The smallest absolute Gasteiger partial charge is 0.250 e. The van der Waals surface area contributed by atoms with Gasteiger partial charge in [-0.15, -0.1) is 0 Å². The van der Waals surface area contributed by atoms with Crippen LogP contribution in [0.25, 0.3) is 11.1 Å². The molecule has 0 aliphatic carbocycles. The molecule has 3 atom stereocenters. The molecular formula is C29H30F2N4O2. The molecule has 2 heterocycles. The molecule has 3 aromatic rings. The predicted molar refractivity (Wildman–Crippen MR) is 142 cm³/mol. The minimum absolute atomic E-state index is 0.133. The summed E-state index contributed by atoms with van der Waals surface area (Å²) in [5.41, 5.74) is 5.18. The Labute approximate surface area is 215 Å². The lowest BCUT2D eigenvalue weighted by Crippen LogP contribution is -2.46. The summed E-state index contributed by atoms with van der Waals surface area (Å²) in [6.07, 6.45) is 1.01. The molecule has 5 rings (SSSR count). The van der Waals surface area contributed by atoms with Gasteiger partial charge >= 0.3 is 0 Å². The number of anilines is 1. The normalized spacial score (nSPS) is 20.7. The zero-order valence-corrected chi connectivity index (χ0v) is 21.1. The highest BCUT2D eigenvalue weighted by atomic mass is 19.1. The van der Waals surface area contributed by atoms with Gasteiger partial charge in [-0.2, -0.15) is 0 Å². The number of likely N-dealkylation sites (N-methyl/N-ethyl adjacent to an activating group) is 1. The molecule has 0 bridgehead atoms. The Balaban J connectivity index is 1.60. The van der Waals surface area contributed by atoms with E-state index < -0.39 is 18.0 Å². The molecule has 1 unspecified atom stereocenters. The molecule has 1 fully saturated rings. The Morgan fingerprint density at radius 2 is 2.00 bits per heavy atom. The molecule has 2 aliphatic heterocycles. The second-order valence-corrected chi connectivity index (χ2v) is 9.97. The van der Waals surface area contributed by atoms with Crippen LogP contribution in [0.5, 0.6) is 5.75 Å². The van der Waals surface area contributed by atoms with Gasteiger partial charge in [-0.25, -0.2) is 13.8 Å². The third kappa shape index (κ3) is 5.06. The maximum Gasteiger partial charge on any atom is 0.250 e. The standard InChI is InChI=1S/C29H30F2N4O2/c1-17-7-20(30)12-23(8-17)35-16-33-27-9-18(2)25(19-5-4-6-24(36)10-19)13-26(27)28(35)29(37)34(3)15-22-11-21(31)14-32-22/h4-10,12-13,16,21-22,28,32,36H,11,14-15H2,1-3H3/t21-,22-,28?/m0/s1. The number of fused-ring (bicyclic) bond motifs is 1. The number of hydrogen-bond donors (Lipinski definition) is 2. The van der Waals surface area contributed by atoms with Gasteiger partial charge in [-0.3, -0.25) is 4.79 Å². The molecule has 1 amide bonds. The summed E-state index contributed by atoms with van der Waals surface area (Å²) in [4.78, 5) is 22.0. The molecule has 1 saturated heterocycles. The number of aliphatic imine (C=N–C) groups is 1. The molecule has 6 nitrogen and oxygen atoms in total. The molecule has 8 heteroatoms. The third-order valence-corrected chi connectivity index (χ3v) is 7.02. The summed E-state index contributed by atoms with van der Waals surface area (Å²) in [6, 6.07) is 14.5. The highest BCUT2D eigenvalue weighted by Gasteiger charge is 2.36. The second kappa shape index (κ2) is 9.94. The molecule has 0 radical (unpaired) electrons. The second-order valence-electron chi connectivity index (χ2n) is 9.97. The Bertz CT molecular complexity index is 1360. The van der Waals surface area contributed by atoms with Gasteiger partial charge in [0.15, 0.2) is 0 Å². The van der Waals surface area contributed by atoms with Gasteiger partial charge < -0.3 is 20.2 Å². The van der Waals surface area contributed by atoms with Gasteiger partial charge in [-0.05, 0) is 85.0 Å². The zero-order valence-electron chi connectivity index (χ0n) is 21.1. The van der Waals surface area contributed by atoms with Crippen LogP contribution in [-0.4, -0.2) is 54.6 Å². The van der Waals surface area contributed by atoms with Crippen LogP contribution in [0.2, 0.25) is 0 Å². The lowest BCUT2D eigenvalue weighted by atomic mass is 9.91. The highest BCUT2D eigenvalue weighted by molar-refractivity contribution is 5.99. The van der Waals surface area contributed by atoms with Crippen molar-refractivity contribution in [1.29, 1.82) is 0 Å². The number of benzene rings is 3. The molecular weight excluding hydrogens is 474 g/mol. The van der Waals surface area contributed by atoms with Crippen LogP contribution in [0, 0.1) is 19.7 Å². The molecule has 192 valence electrons. The van der Waals surface area contributed by atoms with Gasteiger partial charge in [0.2, 0.25) is 5.91 Å². The number of nitrogens with zero attached hydrogens (tertiary/aromatic N) is 3. The summed E-state index contributed by atoms with van der Waals surface area (Å²) >= 11 is 0. The van der Waals surface area contributed by atoms with Crippen LogP contribution in [-0.2, 0) is 4.79 Å². The number of carbonyl (C=O) groups is 1. The Hall–Kier alpha value is -3.78. The van der Waals surface area contributed by atoms with E-state index in [0.717, 1.165) is 22.3 Å². The topological polar surface area (TPSA) is 68.2 Å². The number of rotatable bonds is 5. The zero-order chi connectivity index (χ0) is 26.3. The number of halogens is 2. The number of aromatic hydroxyl groups is 1. The molecule has 0 aromatic heterocycles. The number of alkyl halides is 1. The number of nitrogens with one attached hydrogen (secondary N) is 1. The van der Waals surface area contributed by atoms with E-state index in [2.05, 4.69) is 10.3 Å². The molecule has 2 aliphatic rings. The average Bonchev–Trinajstić information content (AvgIpc) is 3.26. The number of amides is 1. The minimum Gasteiger partial charge on any atom is -0.508 e. The van der Waals surface area contributed by atoms with Gasteiger partial charge in [0.05, 0.1) is 12.0 Å². The van der Waals surface area contributed by atoms with E-state index in [1.807, 2.05) is 31.2 Å². The maximum absolute atomic E-state index is 14.4. The van der Waals surface area contributed by atoms with Gasteiger partial charge in [0.1, 0.15) is 23.8 Å². The van der Waals surface area contributed by atoms with Crippen molar-refractivity contribution in [2.75, 3.05) is 25.0 Å². The van der Waals surface area contributed by atoms with Crippen molar-refractivity contribution in [2.45, 2.75) is 38.5 Å². The number of aryl methyl sites for hydroxylation is 2. The van der Waals surface area contributed by atoms with E-state index in [4.69, 9.17) is 0 Å². The first-order valence-corrected chi connectivity index (χ1v) is 12.4. The fraction of sp³-hybridized carbons (Fsp3) is 0.310. The van der Waals surface area contributed by atoms with Gasteiger partial charge in [0.25, 0.3) is 0 Å². The van der Waals surface area contributed by atoms with E-state index >= 15 is 0 Å². The molecule has 37 heavy (non-hydrogen) atoms. The van der Waals surface area contributed by atoms with Crippen molar-refractivity contribution in [3.63, 3.8) is 0 Å². The number of carbonyl (C=O) groups excluding carboxylic acids is 1. The van der Waals surface area contributed by atoms with Crippen LogP contribution in [0.4, 0.5) is 20.2 Å². The Kier molecular flexibility index (Phi) is 6.69. The van der Waals surface area contributed by atoms with E-state index in [0.29, 0.717) is 29.9 Å². The first-order chi connectivity index (χ1) is 17.7. The van der Waals surface area contributed by atoms with Crippen molar-refractivity contribution >= 4 is 23.6 Å². The van der Waals surface area contributed by atoms with Gasteiger partial charge in [-0.1, -0.05) is 12.1 Å². The number of phenols is 1. The lowest BCUT2D eigenvalue weighted by Gasteiger charge is -2.36. The van der Waals surface area contributed by atoms with E-state index in [1.54, 1.807) is 48.3 Å². The van der Waals surface area contributed by atoms with E-state index in [9.17, 15) is 18.7 Å². The highest BCUT2D eigenvalue weighted by Crippen LogP contribution is 2.41. The van der Waals surface area contributed by atoms with Gasteiger partial charge in [0, 0.05) is 37.4 Å². The van der Waals surface area contributed by atoms with Crippen LogP contribution in [0.1, 0.15) is 29.2 Å². The SMILES string of the molecule is Cc1cc(F)cc(N2C=Nc3cc(C)c(-c4cccc(O)c4)cc3C2C(=O)N(C)C[C@@H]2C[C@H](F)CN2)c1. The lowest BCUT2D eigenvalue weighted by molar-refractivity contribution is -0.131. The van der Waals surface area contributed by atoms with Crippen molar-refractivity contribution in [3.8, 4) is 16.9 Å². The Morgan fingerprint density at radius 1 is 1.19 bits per heavy atom. The summed E-state index contributed by atoms with van der Waals surface area (Å²) in [5.74, 6) is -0.460. The number of hydrogen-bond acceptors (Lipinski definition) is 5. The summed E-state index contributed by atoms with van der Waals surface area (Å²) in [5, 5.41) is 13.2. The third-order valence-electron chi connectivity index (χ3n) is 7.02. The fourth-order valence-electron chi connectivity index (χ4n) is 5.24. The largest absolute Gasteiger partial charge is 0.508 e. The van der Waals surface area contributed by atoms with Crippen LogP contribution < -0.4 is 10.2 Å². The average molecular weight is 505 g/mol. The molecule has 0 spiro atoms. The summed E-state index contributed by atoms with van der Waals surface area (Å²) in [6.45, 7) is 4.39. The molecule has 2 N–H and O–H groups in total. The fourth-order valence-corrected chi connectivity index (χ4v) is 5.24. The van der Waals surface area contributed by atoms with E-state index in [1.165, 1.54) is 12.1 Å². The monoisotopic (exact) mass is 504 g/mol. The van der Waals surface area contributed by atoms with Crippen LogP contribution in [0.15, 0.2) is 59.6 Å². The van der Waals surface area contributed by atoms with Crippen LogP contribution >= 0.6 is 0 Å². The quantitative estimate of drug-likeness (QED) is 0.502. The number of phenolic OH excluding ortho intramolecular Hbond substituents is 1. The van der Waals surface area contributed by atoms with Crippen LogP contribution in [0.3, 0.4) is 0 Å². The first kappa shape index (κ1) is 24.9. The molecule has 3 aromatic carbocycles.